The number of rotatable bonds is 6. The van der Waals surface area contributed by atoms with Gasteiger partial charge in [-0.25, -0.2) is 0 Å². The van der Waals surface area contributed by atoms with Crippen LogP contribution in [0.5, 0.6) is 11.5 Å². The Labute approximate surface area is 148 Å². The van der Waals surface area contributed by atoms with Crippen molar-refractivity contribution in [2.24, 2.45) is 5.41 Å². The third-order valence-electron chi connectivity index (χ3n) is 5.17. The molecule has 4 aliphatic rings. The molecule has 132 valence electrons. The molecule has 0 radical (unpaired) electrons. The minimum atomic E-state index is -0.618. The third-order valence-corrected chi connectivity index (χ3v) is 5.17. The molecule has 4 aliphatic heterocycles. The Kier molecular flexibility index (Phi) is 3.97. The largest absolute Gasteiger partial charge is 0.483 e. The fourth-order valence-electron chi connectivity index (χ4n) is 3.93. The molecular formula is C21H24O4. The van der Waals surface area contributed by atoms with Gasteiger partial charge < -0.3 is 19.7 Å². The van der Waals surface area contributed by atoms with Gasteiger partial charge in [0.15, 0.2) is 0 Å². The van der Waals surface area contributed by atoms with Gasteiger partial charge in [-0.2, -0.15) is 0 Å². The van der Waals surface area contributed by atoms with Gasteiger partial charge in [0, 0.05) is 0 Å². The Morgan fingerprint density at radius 1 is 0.760 bits per heavy atom. The first-order valence-electron chi connectivity index (χ1n) is 8.81. The fraction of sp³-hybridized carbons (Fsp3) is 0.429. The van der Waals surface area contributed by atoms with E-state index in [1.165, 1.54) is 0 Å². The predicted molar refractivity (Wildman–Crippen MR) is 94.7 cm³/mol. The van der Waals surface area contributed by atoms with Crippen LogP contribution in [-0.2, 0) is 0 Å². The lowest BCUT2D eigenvalue weighted by molar-refractivity contribution is -0.0288. The van der Waals surface area contributed by atoms with Gasteiger partial charge in [-0.1, -0.05) is 38.1 Å². The molecule has 2 aromatic carbocycles. The molecule has 0 aliphatic carbocycles. The van der Waals surface area contributed by atoms with Crippen LogP contribution in [0.15, 0.2) is 48.5 Å². The number of aliphatic hydroxyl groups excluding tert-OH is 2. The lowest BCUT2D eigenvalue weighted by Gasteiger charge is -2.37. The smallest absolute Gasteiger partial charge is 0.149 e. The quantitative estimate of drug-likeness (QED) is 0.840. The summed E-state index contributed by atoms with van der Waals surface area (Å²) in [6.07, 6.45) is -0.798. The lowest BCUT2D eigenvalue weighted by atomic mass is 9.78. The third kappa shape index (κ3) is 3.24. The van der Waals surface area contributed by atoms with Crippen LogP contribution in [0.4, 0.5) is 0 Å². The molecule has 0 fully saturated rings. The maximum absolute atomic E-state index is 10.7. The molecule has 0 saturated carbocycles. The van der Waals surface area contributed by atoms with E-state index in [0.29, 0.717) is 12.8 Å². The summed E-state index contributed by atoms with van der Waals surface area (Å²) >= 11 is 0. The van der Waals surface area contributed by atoms with Gasteiger partial charge in [-0.15, -0.1) is 0 Å². The van der Waals surface area contributed by atoms with Gasteiger partial charge in [0.2, 0.25) is 0 Å². The summed E-state index contributed by atoms with van der Waals surface area (Å²) in [6, 6.07) is 15.6. The molecule has 4 atom stereocenters. The molecule has 4 unspecified atom stereocenters. The SMILES string of the molecule is CC(C)(CC(O)C1Oc2ccc1cc2)CC(O)C1Oc2ccc1cc2. The highest BCUT2D eigenvalue weighted by molar-refractivity contribution is 5.35. The Hall–Kier alpha value is -2.04. The van der Waals surface area contributed by atoms with Gasteiger partial charge in [0.05, 0.1) is 12.2 Å². The first-order valence-corrected chi connectivity index (χ1v) is 8.81. The predicted octanol–water partition coefficient (Wildman–Crippen LogP) is 3.78. The molecule has 4 bridgehead atoms. The topological polar surface area (TPSA) is 58.9 Å². The summed E-state index contributed by atoms with van der Waals surface area (Å²) < 4.78 is 11.6. The zero-order valence-electron chi connectivity index (χ0n) is 14.6. The average Bonchev–Trinajstić information content (AvgIpc) is 2.62. The Bertz CT molecular complexity index is 672. The molecule has 25 heavy (non-hydrogen) atoms. The van der Waals surface area contributed by atoms with Gasteiger partial charge in [0.25, 0.3) is 0 Å². The molecule has 0 spiro atoms. The highest BCUT2D eigenvalue weighted by Gasteiger charge is 2.36. The molecule has 6 rings (SSSR count). The molecule has 0 amide bonds. The van der Waals surface area contributed by atoms with E-state index in [2.05, 4.69) is 13.8 Å². The average molecular weight is 340 g/mol. The summed E-state index contributed by atoms with van der Waals surface area (Å²) in [6.45, 7) is 4.13. The van der Waals surface area contributed by atoms with Crippen molar-refractivity contribution < 1.29 is 19.7 Å². The van der Waals surface area contributed by atoms with Crippen LogP contribution < -0.4 is 9.47 Å². The lowest BCUT2D eigenvalue weighted by Crippen LogP contribution is -2.35. The van der Waals surface area contributed by atoms with Crippen molar-refractivity contribution in [1.82, 2.24) is 0 Å². The van der Waals surface area contributed by atoms with E-state index in [0.717, 1.165) is 22.6 Å². The van der Waals surface area contributed by atoms with Crippen molar-refractivity contribution in [2.75, 3.05) is 0 Å². The number of hydrogen-bond donors (Lipinski definition) is 2. The van der Waals surface area contributed by atoms with Crippen molar-refractivity contribution in [3.05, 3.63) is 59.7 Å². The summed E-state index contributed by atoms with van der Waals surface area (Å²) in [5, 5.41) is 21.4. The second-order valence-corrected chi connectivity index (χ2v) is 7.92. The standard InChI is InChI=1S/C21H24O4/c1-21(2,11-17(22)19-13-3-7-15(24-19)8-4-13)12-18(23)20-14-5-9-16(25-20)10-6-14/h3-10,17-20,22-23H,11-12H2,1-2H3. The van der Waals surface area contributed by atoms with Gasteiger partial charge >= 0.3 is 0 Å². The van der Waals surface area contributed by atoms with Crippen molar-refractivity contribution in [2.45, 2.75) is 51.1 Å². The molecule has 0 saturated heterocycles. The van der Waals surface area contributed by atoms with Crippen molar-refractivity contribution >= 4 is 0 Å². The summed E-state index contributed by atoms with van der Waals surface area (Å²) in [5.74, 6) is 1.58. The van der Waals surface area contributed by atoms with Crippen LogP contribution in [0, 0.1) is 5.41 Å². The van der Waals surface area contributed by atoms with Crippen LogP contribution >= 0.6 is 0 Å². The van der Waals surface area contributed by atoms with Crippen LogP contribution in [0.3, 0.4) is 0 Å². The van der Waals surface area contributed by atoms with E-state index in [9.17, 15) is 10.2 Å². The highest BCUT2D eigenvalue weighted by atomic mass is 16.5. The van der Waals surface area contributed by atoms with Crippen LogP contribution in [-0.4, -0.2) is 22.4 Å². The molecule has 4 heterocycles. The monoisotopic (exact) mass is 340 g/mol. The molecular weight excluding hydrogens is 316 g/mol. The molecule has 2 aromatic rings. The molecule has 4 heteroatoms. The number of fused-ring (bicyclic) bond motifs is 6. The first-order chi connectivity index (χ1) is 11.9. The van der Waals surface area contributed by atoms with E-state index in [4.69, 9.17) is 9.47 Å². The number of ether oxygens (including phenoxy) is 2. The Balaban J connectivity index is 1.39. The normalized spacial score (nSPS) is 23.0. The zero-order valence-corrected chi connectivity index (χ0v) is 14.6. The summed E-state index contributed by atoms with van der Waals surface area (Å²) in [7, 11) is 0. The number of aliphatic hydroxyl groups is 2. The summed E-state index contributed by atoms with van der Waals surface area (Å²) in [5.41, 5.74) is 1.74. The van der Waals surface area contributed by atoms with Crippen molar-refractivity contribution in [1.29, 1.82) is 0 Å². The minimum absolute atomic E-state index is 0.254. The van der Waals surface area contributed by atoms with E-state index in [1.807, 2.05) is 48.5 Å². The summed E-state index contributed by atoms with van der Waals surface area (Å²) in [4.78, 5) is 0. The van der Waals surface area contributed by atoms with Crippen LogP contribution in [0.25, 0.3) is 0 Å². The van der Waals surface area contributed by atoms with E-state index in [1.54, 1.807) is 0 Å². The number of hydrogen-bond acceptors (Lipinski definition) is 4. The Morgan fingerprint density at radius 3 is 1.40 bits per heavy atom. The maximum atomic E-state index is 10.7. The van der Waals surface area contributed by atoms with Crippen molar-refractivity contribution in [3.8, 4) is 11.5 Å². The van der Waals surface area contributed by atoms with Crippen LogP contribution in [0.1, 0.15) is 50.0 Å². The first kappa shape index (κ1) is 16.4. The second kappa shape index (κ2) is 6.04. The van der Waals surface area contributed by atoms with E-state index in [-0.39, 0.29) is 17.6 Å². The van der Waals surface area contributed by atoms with Gasteiger partial charge in [-0.3, -0.25) is 0 Å². The van der Waals surface area contributed by atoms with E-state index >= 15 is 0 Å². The van der Waals surface area contributed by atoms with Gasteiger partial charge in [-0.05, 0) is 53.6 Å². The second-order valence-electron chi connectivity index (χ2n) is 7.92. The highest BCUT2D eigenvalue weighted by Crippen LogP contribution is 2.40. The zero-order chi connectivity index (χ0) is 17.6. The van der Waals surface area contributed by atoms with Crippen molar-refractivity contribution in [3.63, 3.8) is 0 Å². The molecule has 4 nitrogen and oxygen atoms in total. The van der Waals surface area contributed by atoms with E-state index < -0.39 is 12.2 Å². The maximum Gasteiger partial charge on any atom is 0.149 e. The number of benzene rings is 2. The van der Waals surface area contributed by atoms with Crippen LogP contribution in [0.2, 0.25) is 0 Å². The fourth-order valence-corrected chi connectivity index (χ4v) is 3.93. The van der Waals surface area contributed by atoms with Gasteiger partial charge in [0.1, 0.15) is 23.7 Å². The molecule has 0 aromatic heterocycles. The minimum Gasteiger partial charge on any atom is -0.483 e. The Morgan fingerprint density at radius 2 is 1.12 bits per heavy atom. The molecule has 2 N–H and O–H groups in total.